The van der Waals surface area contributed by atoms with Gasteiger partial charge >= 0.3 is 5.97 Å². The fraction of sp³-hybridized carbons (Fsp3) is 0.625. The normalized spacial score (nSPS) is 7.20. The Balaban J connectivity index is -0.000000155. The summed E-state index contributed by atoms with van der Waals surface area (Å²) in [5, 5.41) is 22.9. The van der Waals surface area contributed by atoms with Crippen LogP contribution >= 0.6 is 0 Å². The molecule has 90 valence electrons. The molecule has 0 unspecified atom stereocenters. The first kappa shape index (κ1) is 19.0. The van der Waals surface area contributed by atoms with Gasteiger partial charge in [0, 0.05) is 20.8 Å². The minimum absolute atomic E-state index is 0.0976. The number of carbonyl (C=O) groups is 3. The van der Waals surface area contributed by atoms with Crippen LogP contribution in [0.3, 0.4) is 0 Å². The molecule has 0 aromatic heterocycles. The summed E-state index contributed by atoms with van der Waals surface area (Å²) in [5.41, 5.74) is 0. The zero-order chi connectivity index (χ0) is 12.9. The van der Waals surface area contributed by atoms with E-state index in [-0.39, 0.29) is 19.2 Å². The van der Waals surface area contributed by atoms with Crippen LogP contribution in [0.4, 0.5) is 0 Å². The molecule has 0 aliphatic rings. The van der Waals surface area contributed by atoms with Crippen molar-refractivity contribution in [2.75, 3.05) is 13.2 Å². The van der Waals surface area contributed by atoms with Gasteiger partial charge in [-0.1, -0.05) is 0 Å². The number of hydrogen-bond donors (Lipinski definition) is 3. The number of rotatable bonds is 2. The number of hydrogen-bond acceptors (Lipinski definition) is 5. The number of aliphatic hydroxyl groups is 1. The lowest BCUT2D eigenvalue weighted by Crippen LogP contribution is -2.03. The van der Waals surface area contributed by atoms with E-state index in [2.05, 4.69) is 4.74 Å². The summed E-state index contributed by atoms with van der Waals surface area (Å²) in [6, 6.07) is 0. The fourth-order valence-electron chi connectivity index (χ4n) is 0.189. The van der Waals surface area contributed by atoms with Crippen LogP contribution in [0.25, 0.3) is 0 Å². The molecule has 0 aromatic carbocycles. The van der Waals surface area contributed by atoms with E-state index >= 15 is 0 Å². The molecule has 3 N–H and O–H groups in total. The monoisotopic (exact) mass is 224 g/mol. The molecule has 0 spiro atoms. The predicted molar refractivity (Wildman–Crippen MR) is 50.3 cm³/mol. The first-order chi connectivity index (χ1) is 6.73. The van der Waals surface area contributed by atoms with E-state index in [4.69, 9.17) is 24.9 Å². The summed E-state index contributed by atoms with van der Waals surface area (Å²) < 4.78 is 4.30. The zero-order valence-electron chi connectivity index (χ0n) is 8.89. The van der Waals surface area contributed by atoms with Crippen molar-refractivity contribution in [1.29, 1.82) is 0 Å². The van der Waals surface area contributed by atoms with Gasteiger partial charge in [0.25, 0.3) is 11.9 Å². The van der Waals surface area contributed by atoms with Crippen molar-refractivity contribution in [3.05, 3.63) is 0 Å². The third-order valence-corrected chi connectivity index (χ3v) is 0.397. The Bertz CT molecular complexity index is 167. The average Bonchev–Trinajstić information content (AvgIpc) is 1.98. The lowest BCUT2D eigenvalue weighted by molar-refractivity contribution is -0.142. The second-order valence-corrected chi connectivity index (χ2v) is 2.10. The van der Waals surface area contributed by atoms with Gasteiger partial charge in [0.1, 0.15) is 6.61 Å². The molecule has 0 atom stereocenters. The van der Waals surface area contributed by atoms with Gasteiger partial charge in [-0.2, -0.15) is 0 Å². The molecule has 0 aromatic rings. The second kappa shape index (κ2) is 14.9. The van der Waals surface area contributed by atoms with Gasteiger partial charge in [0.05, 0.1) is 6.61 Å². The molecule has 0 aliphatic carbocycles. The molecule has 0 saturated heterocycles. The number of aliphatic carboxylic acids is 2. The van der Waals surface area contributed by atoms with Crippen LogP contribution in [0.5, 0.6) is 0 Å². The van der Waals surface area contributed by atoms with E-state index in [1.807, 2.05) is 0 Å². The highest BCUT2D eigenvalue weighted by Gasteiger charge is 1.86. The van der Waals surface area contributed by atoms with Crippen LogP contribution in [0.1, 0.15) is 20.8 Å². The van der Waals surface area contributed by atoms with Gasteiger partial charge in [0.15, 0.2) is 0 Å². The first-order valence-electron chi connectivity index (χ1n) is 3.87. The minimum Gasteiger partial charge on any atom is -0.481 e. The number of carboxylic acid groups (broad SMARTS) is 2. The van der Waals surface area contributed by atoms with E-state index in [0.717, 1.165) is 13.8 Å². The van der Waals surface area contributed by atoms with Gasteiger partial charge in [-0.3, -0.25) is 14.4 Å². The van der Waals surface area contributed by atoms with E-state index in [0.29, 0.717) is 0 Å². The quantitative estimate of drug-likeness (QED) is 0.551. The number of aliphatic hydroxyl groups excluding tert-OH is 1. The predicted octanol–water partition coefficient (Wildman–Crippen LogP) is -0.276. The van der Waals surface area contributed by atoms with Gasteiger partial charge in [-0.15, -0.1) is 0 Å². The highest BCUT2D eigenvalue weighted by atomic mass is 16.5. The highest BCUT2D eigenvalue weighted by Crippen LogP contribution is 1.71. The SMILES string of the molecule is CC(=O)O.CC(=O)O.CC(=O)OCCO. The number of carboxylic acids is 2. The van der Waals surface area contributed by atoms with Crippen molar-refractivity contribution in [1.82, 2.24) is 0 Å². The van der Waals surface area contributed by atoms with Gasteiger partial charge in [0.2, 0.25) is 0 Å². The Labute approximate surface area is 87.3 Å². The highest BCUT2D eigenvalue weighted by molar-refractivity contribution is 5.65. The maximum absolute atomic E-state index is 9.87. The molecule has 0 bridgehead atoms. The summed E-state index contributed by atoms with van der Waals surface area (Å²) in [4.78, 5) is 27.9. The van der Waals surface area contributed by atoms with E-state index in [9.17, 15) is 4.79 Å². The standard InChI is InChI=1S/C4H8O3.2C2H4O2/c1-4(6)7-3-2-5;2*1-2(3)4/h5H,2-3H2,1H3;2*1H3,(H,3,4). The summed E-state index contributed by atoms with van der Waals surface area (Å²) in [7, 11) is 0. The molecular formula is C8H16O7. The van der Waals surface area contributed by atoms with Crippen molar-refractivity contribution >= 4 is 17.9 Å². The van der Waals surface area contributed by atoms with Crippen LogP contribution in [-0.2, 0) is 19.1 Å². The van der Waals surface area contributed by atoms with E-state index in [1.54, 1.807) is 0 Å². The van der Waals surface area contributed by atoms with E-state index < -0.39 is 11.9 Å². The average molecular weight is 224 g/mol. The third kappa shape index (κ3) is 237. The Kier molecular flexibility index (Phi) is 18.9. The van der Waals surface area contributed by atoms with Gasteiger partial charge in [-0.05, 0) is 0 Å². The van der Waals surface area contributed by atoms with Crippen molar-refractivity contribution in [3.63, 3.8) is 0 Å². The van der Waals surface area contributed by atoms with Gasteiger partial charge < -0.3 is 20.1 Å². The lowest BCUT2D eigenvalue weighted by atomic mass is 10.7. The maximum Gasteiger partial charge on any atom is 0.302 e. The summed E-state index contributed by atoms with van der Waals surface area (Å²) >= 11 is 0. The zero-order valence-corrected chi connectivity index (χ0v) is 8.89. The molecule has 0 amide bonds. The molecular weight excluding hydrogens is 208 g/mol. The molecule has 0 saturated carbocycles. The molecule has 0 fully saturated rings. The maximum atomic E-state index is 9.87. The van der Waals surface area contributed by atoms with Crippen LogP contribution in [0, 0.1) is 0 Å². The van der Waals surface area contributed by atoms with E-state index in [1.165, 1.54) is 6.92 Å². The largest absolute Gasteiger partial charge is 0.481 e. The molecule has 0 heterocycles. The summed E-state index contributed by atoms with van der Waals surface area (Å²) in [5.74, 6) is -2.02. The lowest BCUT2D eigenvalue weighted by Gasteiger charge is -1.93. The summed E-state index contributed by atoms with van der Waals surface area (Å²) in [6.45, 7) is 3.48. The smallest absolute Gasteiger partial charge is 0.302 e. The Morgan fingerprint density at radius 2 is 1.27 bits per heavy atom. The Hall–Kier alpha value is -1.63. The fourth-order valence-corrected chi connectivity index (χ4v) is 0.189. The van der Waals surface area contributed by atoms with Crippen molar-refractivity contribution in [2.24, 2.45) is 0 Å². The number of esters is 1. The molecule has 7 nitrogen and oxygen atoms in total. The van der Waals surface area contributed by atoms with Crippen molar-refractivity contribution in [2.45, 2.75) is 20.8 Å². The Morgan fingerprint density at radius 1 is 1.00 bits per heavy atom. The first-order valence-corrected chi connectivity index (χ1v) is 3.87. The number of ether oxygens (including phenoxy) is 1. The van der Waals surface area contributed by atoms with Crippen LogP contribution < -0.4 is 0 Å². The minimum atomic E-state index is -0.833. The van der Waals surface area contributed by atoms with Crippen LogP contribution in [0.2, 0.25) is 0 Å². The Morgan fingerprint density at radius 3 is 1.33 bits per heavy atom. The second-order valence-electron chi connectivity index (χ2n) is 2.10. The third-order valence-electron chi connectivity index (χ3n) is 0.397. The topological polar surface area (TPSA) is 121 Å². The summed E-state index contributed by atoms with van der Waals surface area (Å²) in [6.07, 6.45) is 0. The van der Waals surface area contributed by atoms with Crippen LogP contribution in [0.15, 0.2) is 0 Å². The van der Waals surface area contributed by atoms with Crippen LogP contribution in [-0.4, -0.2) is 46.4 Å². The number of carbonyl (C=O) groups excluding carboxylic acids is 1. The van der Waals surface area contributed by atoms with Gasteiger partial charge in [-0.25, -0.2) is 0 Å². The molecule has 15 heavy (non-hydrogen) atoms. The molecule has 0 radical (unpaired) electrons. The molecule has 0 rings (SSSR count). The van der Waals surface area contributed by atoms with Crippen molar-refractivity contribution in [3.8, 4) is 0 Å². The van der Waals surface area contributed by atoms with Crippen molar-refractivity contribution < 1.29 is 34.4 Å². The molecule has 0 aliphatic heterocycles. The molecule has 7 heteroatoms.